The number of carbonyl (C=O) groups is 1. The van der Waals surface area contributed by atoms with Crippen LogP contribution in [0.3, 0.4) is 0 Å². The molecule has 1 atom stereocenters. The molecule has 0 aliphatic carbocycles. The number of nitrogens with zero attached hydrogens (tertiary/aromatic N) is 1. The summed E-state index contributed by atoms with van der Waals surface area (Å²) in [4.78, 5) is 12.5. The second-order valence-electron chi connectivity index (χ2n) is 6.28. The highest BCUT2D eigenvalue weighted by molar-refractivity contribution is 7.92. The van der Waals surface area contributed by atoms with Crippen molar-refractivity contribution in [2.45, 2.75) is 26.3 Å². The first-order chi connectivity index (χ1) is 12.4. The van der Waals surface area contributed by atoms with Gasteiger partial charge in [0.15, 0.2) is 0 Å². The third-order valence-electron chi connectivity index (χ3n) is 4.51. The van der Waals surface area contributed by atoms with Gasteiger partial charge in [-0.2, -0.15) is 0 Å². The van der Waals surface area contributed by atoms with Gasteiger partial charge < -0.3 is 10.1 Å². The molecule has 1 aliphatic heterocycles. The van der Waals surface area contributed by atoms with Crippen molar-refractivity contribution < 1.29 is 17.9 Å². The number of benzene rings is 2. The van der Waals surface area contributed by atoms with Gasteiger partial charge in [0, 0.05) is 17.3 Å². The van der Waals surface area contributed by atoms with Gasteiger partial charge in [0.1, 0.15) is 5.75 Å². The molecule has 1 aliphatic rings. The average Bonchev–Trinajstić information content (AvgIpc) is 2.97. The quantitative estimate of drug-likeness (QED) is 0.873. The second kappa shape index (κ2) is 6.99. The van der Waals surface area contributed by atoms with E-state index in [0.717, 1.165) is 5.56 Å². The molecule has 3 rings (SSSR count). The molecule has 0 unspecified atom stereocenters. The maximum Gasteiger partial charge on any atom is 0.255 e. The van der Waals surface area contributed by atoms with Gasteiger partial charge in [0.25, 0.3) is 5.91 Å². The number of hydrogen-bond acceptors (Lipinski definition) is 4. The van der Waals surface area contributed by atoms with Crippen LogP contribution in [0.15, 0.2) is 42.5 Å². The molecule has 26 heavy (non-hydrogen) atoms. The summed E-state index contributed by atoms with van der Waals surface area (Å²) in [6, 6.07) is 12.1. The fourth-order valence-electron chi connectivity index (χ4n) is 3.18. The van der Waals surface area contributed by atoms with Crippen LogP contribution in [0.4, 0.5) is 11.4 Å². The topological polar surface area (TPSA) is 75.7 Å². The Morgan fingerprint density at radius 3 is 2.54 bits per heavy atom. The molecule has 2 aromatic carbocycles. The Morgan fingerprint density at radius 1 is 1.23 bits per heavy atom. The number of hydrogen-bond donors (Lipinski definition) is 1. The van der Waals surface area contributed by atoms with Crippen molar-refractivity contribution in [2.75, 3.05) is 22.5 Å². The average molecular weight is 374 g/mol. The van der Waals surface area contributed by atoms with E-state index >= 15 is 0 Å². The lowest BCUT2D eigenvalue weighted by Gasteiger charge is -2.23. The van der Waals surface area contributed by atoms with Gasteiger partial charge in [-0.1, -0.05) is 0 Å². The molecule has 2 aromatic rings. The maximum atomic E-state index is 12.5. The van der Waals surface area contributed by atoms with E-state index in [1.165, 1.54) is 4.31 Å². The summed E-state index contributed by atoms with van der Waals surface area (Å²) in [6.07, 6.45) is 0.595. The van der Waals surface area contributed by atoms with Gasteiger partial charge in [-0.3, -0.25) is 9.10 Å². The smallest absolute Gasteiger partial charge is 0.255 e. The Bertz CT molecular complexity index is 923. The Balaban J connectivity index is 1.83. The number of sulfonamides is 1. The fourth-order valence-corrected chi connectivity index (χ4v) is 4.56. The molecule has 0 bridgehead atoms. The predicted molar refractivity (Wildman–Crippen MR) is 102 cm³/mol. The lowest BCUT2D eigenvalue weighted by Crippen LogP contribution is -2.36. The zero-order valence-corrected chi connectivity index (χ0v) is 15.8. The summed E-state index contributed by atoms with van der Waals surface area (Å²) >= 11 is 0. The van der Waals surface area contributed by atoms with Crippen LogP contribution in [0, 0.1) is 0 Å². The molecule has 1 heterocycles. The molecule has 0 aromatic heterocycles. The van der Waals surface area contributed by atoms with Crippen molar-refractivity contribution in [1.82, 2.24) is 0 Å². The number of fused-ring (bicyclic) bond motifs is 1. The van der Waals surface area contributed by atoms with E-state index in [1.54, 1.807) is 56.5 Å². The highest BCUT2D eigenvalue weighted by Crippen LogP contribution is 2.35. The summed E-state index contributed by atoms with van der Waals surface area (Å²) in [6.45, 7) is 3.51. The van der Waals surface area contributed by atoms with E-state index in [2.05, 4.69) is 5.32 Å². The van der Waals surface area contributed by atoms with Crippen LogP contribution in [-0.2, 0) is 16.4 Å². The number of amides is 1. The standard InChI is InChI=1S/C19H22N2O4S/c1-4-26(23,24)21-13(2)11-15-12-14(5-10-18(15)21)19(22)20-16-6-8-17(25-3)9-7-16/h5-10,12-13H,4,11H2,1-3H3,(H,20,22)/t13-/m1/s1. The molecule has 6 nitrogen and oxygen atoms in total. The van der Waals surface area contributed by atoms with Crippen LogP contribution in [0.1, 0.15) is 29.8 Å². The zero-order chi connectivity index (χ0) is 18.9. The molecule has 0 spiro atoms. The molecular weight excluding hydrogens is 352 g/mol. The van der Waals surface area contributed by atoms with Crippen LogP contribution in [-0.4, -0.2) is 33.2 Å². The third kappa shape index (κ3) is 3.39. The first-order valence-corrected chi connectivity index (χ1v) is 10.1. The Hall–Kier alpha value is -2.54. The van der Waals surface area contributed by atoms with E-state index in [1.807, 2.05) is 6.92 Å². The Labute approximate surface area is 153 Å². The van der Waals surface area contributed by atoms with Crippen LogP contribution in [0.25, 0.3) is 0 Å². The van der Waals surface area contributed by atoms with Crippen LogP contribution < -0.4 is 14.4 Å². The number of nitrogens with one attached hydrogen (secondary N) is 1. The summed E-state index contributed by atoms with van der Waals surface area (Å²) in [7, 11) is -1.74. The maximum absolute atomic E-state index is 12.5. The van der Waals surface area contributed by atoms with Crippen LogP contribution >= 0.6 is 0 Å². The zero-order valence-electron chi connectivity index (χ0n) is 15.0. The van der Waals surface area contributed by atoms with E-state index in [4.69, 9.17) is 4.74 Å². The molecular formula is C19H22N2O4S. The first kappa shape index (κ1) is 18.3. The monoisotopic (exact) mass is 374 g/mol. The van der Waals surface area contributed by atoms with Gasteiger partial charge in [-0.15, -0.1) is 0 Å². The number of rotatable bonds is 5. The van der Waals surface area contributed by atoms with Gasteiger partial charge in [0.2, 0.25) is 10.0 Å². The minimum absolute atomic E-state index is 0.0521. The van der Waals surface area contributed by atoms with Crippen molar-refractivity contribution in [3.05, 3.63) is 53.6 Å². The van der Waals surface area contributed by atoms with Gasteiger partial charge >= 0.3 is 0 Å². The largest absolute Gasteiger partial charge is 0.497 e. The molecule has 0 saturated heterocycles. The van der Waals surface area contributed by atoms with Crippen molar-refractivity contribution in [3.63, 3.8) is 0 Å². The van der Waals surface area contributed by atoms with Crippen molar-refractivity contribution in [1.29, 1.82) is 0 Å². The first-order valence-electron chi connectivity index (χ1n) is 8.46. The highest BCUT2D eigenvalue weighted by atomic mass is 32.2. The number of ether oxygens (including phenoxy) is 1. The summed E-state index contributed by atoms with van der Waals surface area (Å²) < 4.78 is 31.2. The minimum atomic E-state index is -3.33. The minimum Gasteiger partial charge on any atom is -0.497 e. The molecule has 0 fully saturated rings. The summed E-state index contributed by atoms with van der Waals surface area (Å²) in [5.41, 5.74) is 2.71. The van der Waals surface area contributed by atoms with E-state index in [0.29, 0.717) is 29.1 Å². The number of carbonyl (C=O) groups excluding carboxylic acids is 1. The molecule has 0 radical (unpaired) electrons. The van der Waals surface area contributed by atoms with Gasteiger partial charge in [-0.05, 0) is 68.3 Å². The number of methoxy groups -OCH3 is 1. The molecule has 138 valence electrons. The van der Waals surface area contributed by atoms with Crippen LogP contribution in [0.5, 0.6) is 5.75 Å². The van der Waals surface area contributed by atoms with Crippen LogP contribution in [0.2, 0.25) is 0 Å². The van der Waals surface area contributed by atoms with E-state index < -0.39 is 10.0 Å². The van der Waals surface area contributed by atoms with Gasteiger partial charge in [-0.25, -0.2) is 8.42 Å². The lowest BCUT2D eigenvalue weighted by molar-refractivity contribution is 0.102. The third-order valence-corrected chi connectivity index (χ3v) is 6.39. The Kier molecular flexibility index (Phi) is 4.91. The predicted octanol–water partition coefficient (Wildman–Crippen LogP) is 3.05. The fraction of sp³-hybridized carbons (Fsp3) is 0.316. The number of anilines is 2. The van der Waals surface area contributed by atoms with E-state index in [-0.39, 0.29) is 17.7 Å². The van der Waals surface area contributed by atoms with Crippen molar-refractivity contribution in [3.8, 4) is 5.75 Å². The van der Waals surface area contributed by atoms with E-state index in [9.17, 15) is 13.2 Å². The SMILES string of the molecule is CCS(=O)(=O)N1c2ccc(C(=O)Nc3ccc(OC)cc3)cc2C[C@H]1C. The van der Waals surface area contributed by atoms with Gasteiger partial charge in [0.05, 0.1) is 18.6 Å². The molecule has 1 N–H and O–H groups in total. The normalized spacial score (nSPS) is 16.3. The Morgan fingerprint density at radius 2 is 1.92 bits per heavy atom. The highest BCUT2D eigenvalue weighted by Gasteiger charge is 2.34. The molecule has 1 amide bonds. The summed E-state index contributed by atoms with van der Waals surface area (Å²) in [5, 5.41) is 2.84. The molecule has 0 saturated carbocycles. The van der Waals surface area contributed by atoms with Crippen molar-refractivity contribution in [2.24, 2.45) is 0 Å². The molecule has 7 heteroatoms. The second-order valence-corrected chi connectivity index (χ2v) is 8.41. The lowest BCUT2D eigenvalue weighted by atomic mass is 10.1. The van der Waals surface area contributed by atoms with Crippen molar-refractivity contribution >= 4 is 27.3 Å². The summed E-state index contributed by atoms with van der Waals surface area (Å²) in [5.74, 6) is 0.533.